The summed E-state index contributed by atoms with van der Waals surface area (Å²) in [6, 6.07) is 6.69. The minimum atomic E-state index is -3.52. The van der Waals surface area contributed by atoms with Crippen molar-refractivity contribution in [1.82, 2.24) is 4.31 Å². The van der Waals surface area contributed by atoms with Gasteiger partial charge >= 0.3 is 0 Å². The highest BCUT2D eigenvalue weighted by Gasteiger charge is 2.29. The zero-order chi connectivity index (χ0) is 14.5. The van der Waals surface area contributed by atoms with Gasteiger partial charge in [-0.25, -0.2) is 8.42 Å². The van der Waals surface area contributed by atoms with Crippen LogP contribution in [0, 0.1) is 0 Å². The number of para-hydroxylation sites is 1. The molecule has 1 unspecified atom stereocenters. The van der Waals surface area contributed by atoms with Crippen LogP contribution in [0.3, 0.4) is 0 Å². The second kappa shape index (κ2) is 6.88. The first kappa shape index (κ1) is 15.9. The number of ether oxygens (including phenoxy) is 1. The zero-order valence-electron chi connectivity index (χ0n) is 11.9. The largest absolute Gasteiger partial charge is 0.387 e. The van der Waals surface area contributed by atoms with Crippen LogP contribution in [0.25, 0.3) is 0 Å². The summed E-state index contributed by atoms with van der Waals surface area (Å²) in [6.45, 7) is 4.44. The van der Waals surface area contributed by atoms with Gasteiger partial charge in [-0.15, -0.1) is 0 Å². The maximum absolute atomic E-state index is 12.7. The SMILES string of the molecule is CCN(C(C)COC)S(=O)(=O)c1ccccc1NC. The van der Waals surface area contributed by atoms with E-state index in [9.17, 15) is 8.42 Å². The van der Waals surface area contributed by atoms with Gasteiger partial charge in [0.25, 0.3) is 0 Å². The molecule has 19 heavy (non-hydrogen) atoms. The van der Waals surface area contributed by atoms with E-state index in [0.717, 1.165) is 0 Å². The molecule has 0 aliphatic rings. The first-order valence-corrected chi connectivity index (χ1v) is 7.70. The fourth-order valence-corrected chi connectivity index (χ4v) is 3.89. The number of anilines is 1. The van der Waals surface area contributed by atoms with Crippen molar-refractivity contribution in [2.24, 2.45) is 0 Å². The molecule has 6 heteroatoms. The van der Waals surface area contributed by atoms with Crippen LogP contribution in [0.4, 0.5) is 5.69 Å². The van der Waals surface area contributed by atoms with Crippen LogP contribution in [0.2, 0.25) is 0 Å². The van der Waals surface area contributed by atoms with E-state index in [-0.39, 0.29) is 6.04 Å². The molecular formula is C13H22N2O3S. The van der Waals surface area contributed by atoms with Gasteiger partial charge in [0.05, 0.1) is 12.3 Å². The molecule has 1 atom stereocenters. The van der Waals surface area contributed by atoms with Crippen molar-refractivity contribution in [2.45, 2.75) is 24.8 Å². The van der Waals surface area contributed by atoms with E-state index < -0.39 is 10.0 Å². The average Bonchev–Trinajstić information content (AvgIpc) is 2.39. The minimum Gasteiger partial charge on any atom is -0.387 e. The number of likely N-dealkylation sites (N-methyl/N-ethyl adjacent to an activating group) is 1. The predicted molar refractivity (Wildman–Crippen MR) is 76.9 cm³/mol. The summed E-state index contributed by atoms with van der Waals surface area (Å²) in [5.41, 5.74) is 0.602. The number of methoxy groups -OCH3 is 1. The molecule has 0 spiro atoms. The highest BCUT2D eigenvalue weighted by atomic mass is 32.2. The second-order valence-corrected chi connectivity index (χ2v) is 6.12. The number of hydrogen-bond donors (Lipinski definition) is 1. The van der Waals surface area contributed by atoms with E-state index >= 15 is 0 Å². The number of rotatable bonds is 7. The van der Waals surface area contributed by atoms with Gasteiger partial charge in [-0.05, 0) is 19.1 Å². The number of nitrogens with one attached hydrogen (secondary N) is 1. The van der Waals surface area contributed by atoms with Gasteiger partial charge in [0.1, 0.15) is 4.90 Å². The first-order valence-electron chi connectivity index (χ1n) is 6.26. The lowest BCUT2D eigenvalue weighted by Gasteiger charge is -2.27. The smallest absolute Gasteiger partial charge is 0.245 e. The Bertz CT molecular complexity index is 502. The van der Waals surface area contributed by atoms with Crippen LogP contribution < -0.4 is 5.32 Å². The number of nitrogens with zero attached hydrogens (tertiary/aromatic N) is 1. The third-order valence-electron chi connectivity index (χ3n) is 2.95. The molecule has 1 aromatic carbocycles. The summed E-state index contributed by atoms with van der Waals surface area (Å²) in [7, 11) is -0.245. The lowest BCUT2D eigenvalue weighted by molar-refractivity contribution is 0.142. The lowest BCUT2D eigenvalue weighted by Crippen LogP contribution is -2.41. The molecule has 0 heterocycles. The Kier molecular flexibility index (Phi) is 5.78. The summed E-state index contributed by atoms with van der Waals surface area (Å²) in [4.78, 5) is 0.294. The third-order valence-corrected chi connectivity index (χ3v) is 5.10. The van der Waals surface area contributed by atoms with Crippen molar-refractivity contribution in [2.75, 3.05) is 32.6 Å². The monoisotopic (exact) mass is 286 g/mol. The molecule has 1 aromatic rings. The predicted octanol–water partition coefficient (Wildman–Crippen LogP) is 1.77. The van der Waals surface area contributed by atoms with Crippen LogP contribution in [-0.4, -0.2) is 46.1 Å². The van der Waals surface area contributed by atoms with E-state index in [1.807, 2.05) is 13.8 Å². The molecule has 0 bridgehead atoms. The average molecular weight is 286 g/mol. The molecule has 0 radical (unpaired) electrons. The van der Waals surface area contributed by atoms with Crippen molar-refractivity contribution in [1.29, 1.82) is 0 Å². The van der Waals surface area contributed by atoms with Crippen molar-refractivity contribution in [3.63, 3.8) is 0 Å². The van der Waals surface area contributed by atoms with Crippen molar-refractivity contribution in [3.05, 3.63) is 24.3 Å². The zero-order valence-corrected chi connectivity index (χ0v) is 12.7. The Labute approximate surface area is 115 Å². The van der Waals surface area contributed by atoms with Gasteiger partial charge in [0.15, 0.2) is 0 Å². The molecule has 108 valence electrons. The van der Waals surface area contributed by atoms with Crippen molar-refractivity contribution < 1.29 is 13.2 Å². The maximum Gasteiger partial charge on any atom is 0.245 e. The van der Waals surface area contributed by atoms with E-state index in [1.54, 1.807) is 38.4 Å². The molecule has 0 amide bonds. The van der Waals surface area contributed by atoms with Crippen molar-refractivity contribution >= 4 is 15.7 Å². The van der Waals surface area contributed by atoms with Gasteiger partial charge < -0.3 is 10.1 Å². The highest BCUT2D eigenvalue weighted by molar-refractivity contribution is 7.89. The Morgan fingerprint density at radius 1 is 1.37 bits per heavy atom. The van der Waals surface area contributed by atoms with Gasteiger partial charge in [0.2, 0.25) is 10.0 Å². The van der Waals surface area contributed by atoms with Gasteiger partial charge in [-0.3, -0.25) is 0 Å². The minimum absolute atomic E-state index is 0.204. The van der Waals surface area contributed by atoms with Crippen LogP contribution in [0.15, 0.2) is 29.2 Å². The fourth-order valence-electron chi connectivity index (χ4n) is 2.07. The molecule has 1 rings (SSSR count). The number of sulfonamides is 1. The van der Waals surface area contributed by atoms with Crippen LogP contribution >= 0.6 is 0 Å². The molecule has 0 aliphatic carbocycles. The van der Waals surface area contributed by atoms with E-state index in [1.165, 1.54) is 4.31 Å². The molecule has 0 saturated carbocycles. The Morgan fingerprint density at radius 3 is 2.53 bits per heavy atom. The molecule has 0 aromatic heterocycles. The van der Waals surface area contributed by atoms with Crippen LogP contribution in [-0.2, 0) is 14.8 Å². The highest BCUT2D eigenvalue weighted by Crippen LogP contribution is 2.25. The Morgan fingerprint density at radius 2 is 2.00 bits per heavy atom. The summed E-state index contributed by atoms with van der Waals surface area (Å²) in [6.07, 6.45) is 0. The summed E-state index contributed by atoms with van der Waals surface area (Å²) >= 11 is 0. The number of benzene rings is 1. The van der Waals surface area contributed by atoms with E-state index in [0.29, 0.717) is 23.7 Å². The number of hydrogen-bond acceptors (Lipinski definition) is 4. The normalized spacial score (nSPS) is 13.5. The van der Waals surface area contributed by atoms with Gasteiger partial charge in [0, 0.05) is 26.7 Å². The van der Waals surface area contributed by atoms with Crippen molar-refractivity contribution in [3.8, 4) is 0 Å². The first-order chi connectivity index (χ1) is 8.98. The quantitative estimate of drug-likeness (QED) is 0.830. The maximum atomic E-state index is 12.7. The summed E-state index contributed by atoms with van der Waals surface area (Å²) in [5, 5.41) is 2.91. The summed E-state index contributed by atoms with van der Waals surface area (Å²) < 4.78 is 31.9. The molecule has 1 N–H and O–H groups in total. The molecule has 0 saturated heterocycles. The molecule has 0 fully saturated rings. The Balaban J connectivity index is 3.20. The third kappa shape index (κ3) is 3.46. The van der Waals surface area contributed by atoms with E-state index in [2.05, 4.69) is 5.32 Å². The fraction of sp³-hybridized carbons (Fsp3) is 0.538. The Hall–Kier alpha value is -1.11. The summed E-state index contributed by atoms with van der Waals surface area (Å²) in [5.74, 6) is 0. The topological polar surface area (TPSA) is 58.6 Å². The van der Waals surface area contributed by atoms with Gasteiger partial charge in [-0.2, -0.15) is 4.31 Å². The molecule has 0 aliphatic heterocycles. The standard InChI is InChI=1S/C13H22N2O3S/c1-5-15(11(2)10-18-4)19(16,17)13-9-7-6-8-12(13)14-3/h6-9,11,14H,5,10H2,1-4H3. The van der Waals surface area contributed by atoms with Gasteiger partial charge in [-0.1, -0.05) is 19.1 Å². The van der Waals surface area contributed by atoms with Crippen LogP contribution in [0.5, 0.6) is 0 Å². The van der Waals surface area contributed by atoms with E-state index in [4.69, 9.17) is 4.74 Å². The lowest BCUT2D eigenvalue weighted by atomic mass is 10.3. The molecular weight excluding hydrogens is 264 g/mol. The van der Waals surface area contributed by atoms with Crippen LogP contribution in [0.1, 0.15) is 13.8 Å². The second-order valence-electron chi connectivity index (χ2n) is 4.26. The molecule has 5 nitrogen and oxygen atoms in total.